The molecule has 0 bridgehead atoms. The van der Waals surface area contributed by atoms with Crippen LogP contribution in [-0.4, -0.2) is 37.7 Å². The predicted molar refractivity (Wildman–Crippen MR) is 65.2 cm³/mol. The molecule has 0 aromatic heterocycles. The monoisotopic (exact) mass is 218 g/mol. The number of benzene rings is 1. The van der Waals surface area contributed by atoms with Crippen molar-refractivity contribution in [3.05, 3.63) is 23.8 Å². The molecular weight excluding hydrogens is 200 g/mol. The fraction of sp³-hybridized carbons (Fsp3) is 0.538. The molecule has 3 nitrogen and oxygen atoms in total. The van der Waals surface area contributed by atoms with Gasteiger partial charge in [0.25, 0.3) is 0 Å². The molecule has 16 heavy (non-hydrogen) atoms. The second-order valence-electron chi connectivity index (χ2n) is 4.75. The van der Waals surface area contributed by atoms with Gasteiger partial charge in [-0.15, -0.1) is 0 Å². The molecular formula is C13H18N2O. The van der Waals surface area contributed by atoms with Crippen LogP contribution in [0.2, 0.25) is 0 Å². The first-order valence-corrected chi connectivity index (χ1v) is 6.04. The van der Waals surface area contributed by atoms with E-state index in [1.807, 2.05) is 0 Å². The van der Waals surface area contributed by atoms with Gasteiger partial charge in [0.15, 0.2) is 0 Å². The topological polar surface area (TPSA) is 24.5 Å². The number of nitrogens with one attached hydrogen (secondary N) is 1. The molecule has 1 fully saturated rings. The normalized spacial score (nSPS) is 24.2. The quantitative estimate of drug-likeness (QED) is 0.818. The highest BCUT2D eigenvalue weighted by atomic mass is 16.5. The molecule has 0 spiro atoms. The van der Waals surface area contributed by atoms with Gasteiger partial charge in [0.05, 0.1) is 0 Å². The first-order chi connectivity index (χ1) is 7.83. The molecule has 1 saturated heterocycles. The number of ether oxygens (including phenoxy) is 1. The number of hydrogen-bond donors (Lipinski definition) is 1. The van der Waals surface area contributed by atoms with Gasteiger partial charge in [-0.2, -0.15) is 0 Å². The van der Waals surface area contributed by atoms with Crippen LogP contribution in [0.3, 0.4) is 0 Å². The Bertz CT molecular complexity index is 392. The third kappa shape index (κ3) is 1.76. The molecule has 86 valence electrons. The molecule has 1 aromatic carbocycles. The summed E-state index contributed by atoms with van der Waals surface area (Å²) >= 11 is 0. The molecule has 0 aliphatic carbocycles. The summed E-state index contributed by atoms with van der Waals surface area (Å²) in [5.74, 6) is 1.09. The van der Waals surface area contributed by atoms with Crippen LogP contribution >= 0.6 is 0 Å². The molecule has 0 saturated carbocycles. The molecule has 0 radical (unpaired) electrons. The van der Waals surface area contributed by atoms with E-state index in [2.05, 4.69) is 35.5 Å². The molecule has 1 aromatic rings. The van der Waals surface area contributed by atoms with Gasteiger partial charge in [0, 0.05) is 30.9 Å². The Labute approximate surface area is 96.4 Å². The lowest BCUT2D eigenvalue weighted by atomic mass is 10.1. The minimum absolute atomic E-state index is 0.372. The van der Waals surface area contributed by atoms with Crippen LogP contribution in [0, 0.1) is 0 Å². The largest absolute Gasteiger partial charge is 0.489 e. The van der Waals surface area contributed by atoms with Gasteiger partial charge in [-0.05, 0) is 32.0 Å². The maximum Gasteiger partial charge on any atom is 0.125 e. The van der Waals surface area contributed by atoms with Gasteiger partial charge < -0.3 is 15.0 Å². The molecule has 3 rings (SSSR count). The van der Waals surface area contributed by atoms with E-state index in [4.69, 9.17) is 4.74 Å². The van der Waals surface area contributed by atoms with E-state index in [0.29, 0.717) is 6.10 Å². The first-order valence-electron chi connectivity index (χ1n) is 6.04. The van der Waals surface area contributed by atoms with Crippen molar-refractivity contribution in [3.8, 4) is 5.75 Å². The van der Waals surface area contributed by atoms with Gasteiger partial charge in [-0.3, -0.25) is 0 Å². The second-order valence-corrected chi connectivity index (χ2v) is 4.75. The molecule has 2 aliphatic rings. The fourth-order valence-electron chi connectivity index (χ4n) is 2.59. The first kappa shape index (κ1) is 9.97. The van der Waals surface area contributed by atoms with E-state index in [9.17, 15) is 0 Å². The van der Waals surface area contributed by atoms with Crippen molar-refractivity contribution in [3.63, 3.8) is 0 Å². The van der Waals surface area contributed by atoms with Crippen molar-refractivity contribution in [2.45, 2.75) is 18.9 Å². The van der Waals surface area contributed by atoms with Crippen molar-refractivity contribution in [1.29, 1.82) is 0 Å². The highest BCUT2D eigenvalue weighted by Crippen LogP contribution is 2.32. The average molecular weight is 218 g/mol. The number of likely N-dealkylation sites (tertiary alicyclic amines) is 1. The smallest absolute Gasteiger partial charge is 0.125 e. The van der Waals surface area contributed by atoms with Crippen LogP contribution in [0.1, 0.15) is 12.0 Å². The van der Waals surface area contributed by atoms with Crippen LogP contribution in [0.15, 0.2) is 18.2 Å². The third-order valence-corrected chi connectivity index (χ3v) is 3.47. The van der Waals surface area contributed by atoms with Crippen LogP contribution in [-0.2, 0) is 6.42 Å². The van der Waals surface area contributed by atoms with Crippen LogP contribution in [0.4, 0.5) is 5.69 Å². The number of fused-ring (bicyclic) bond motifs is 1. The molecule has 3 heteroatoms. The standard InChI is InChI=1S/C13H18N2O/c1-15-8-6-10(9-15)16-13-4-2-3-12-11(13)5-7-14-12/h2-4,10,14H,5-9H2,1H3. The Morgan fingerprint density at radius 2 is 2.38 bits per heavy atom. The van der Waals surface area contributed by atoms with Crippen molar-refractivity contribution in [2.75, 3.05) is 32.0 Å². The van der Waals surface area contributed by atoms with Gasteiger partial charge >= 0.3 is 0 Å². The minimum atomic E-state index is 0.372. The van der Waals surface area contributed by atoms with Gasteiger partial charge in [-0.1, -0.05) is 6.07 Å². The minimum Gasteiger partial charge on any atom is -0.489 e. The van der Waals surface area contributed by atoms with E-state index < -0.39 is 0 Å². The molecule has 1 atom stereocenters. The van der Waals surface area contributed by atoms with E-state index in [1.165, 1.54) is 11.3 Å². The zero-order valence-electron chi connectivity index (χ0n) is 9.70. The van der Waals surface area contributed by atoms with Crippen molar-refractivity contribution in [1.82, 2.24) is 4.90 Å². The Balaban J connectivity index is 1.77. The lowest BCUT2D eigenvalue weighted by Gasteiger charge is -2.16. The maximum atomic E-state index is 6.11. The highest BCUT2D eigenvalue weighted by Gasteiger charge is 2.23. The zero-order chi connectivity index (χ0) is 11.0. The summed E-state index contributed by atoms with van der Waals surface area (Å²) in [6.45, 7) is 3.25. The fourth-order valence-corrected chi connectivity index (χ4v) is 2.59. The van der Waals surface area contributed by atoms with Gasteiger partial charge in [0.2, 0.25) is 0 Å². The number of rotatable bonds is 2. The zero-order valence-corrected chi connectivity index (χ0v) is 9.70. The number of nitrogens with zero attached hydrogens (tertiary/aromatic N) is 1. The summed E-state index contributed by atoms with van der Waals surface area (Å²) in [4.78, 5) is 2.33. The molecule has 1 N–H and O–H groups in total. The Hall–Kier alpha value is -1.22. The van der Waals surface area contributed by atoms with Crippen LogP contribution in [0.25, 0.3) is 0 Å². The highest BCUT2D eigenvalue weighted by molar-refractivity contribution is 5.61. The Morgan fingerprint density at radius 3 is 3.19 bits per heavy atom. The number of anilines is 1. The summed E-state index contributed by atoms with van der Waals surface area (Å²) in [6.07, 6.45) is 2.61. The number of likely N-dealkylation sites (N-methyl/N-ethyl adjacent to an activating group) is 1. The molecule has 1 unspecified atom stereocenters. The lowest BCUT2D eigenvalue weighted by molar-refractivity contribution is 0.206. The van der Waals surface area contributed by atoms with E-state index in [1.54, 1.807) is 0 Å². The van der Waals surface area contributed by atoms with Crippen LogP contribution in [0.5, 0.6) is 5.75 Å². The van der Waals surface area contributed by atoms with Crippen molar-refractivity contribution >= 4 is 5.69 Å². The average Bonchev–Trinajstić information content (AvgIpc) is 2.87. The summed E-state index contributed by atoms with van der Waals surface area (Å²) in [5.41, 5.74) is 2.61. The van der Waals surface area contributed by atoms with Crippen LogP contribution < -0.4 is 10.1 Å². The molecule has 0 amide bonds. The van der Waals surface area contributed by atoms with Gasteiger partial charge in [-0.25, -0.2) is 0 Å². The number of hydrogen-bond acceptors (Lipinski definition) is 3. The van der Waals surface area contributed by atoms with Crippen molar-refractivity contribution < 1.29 is 4.74 Å². The Morgan fingerprint density at radius 1 is 1.44 bits per heavy atom. The lowest BCUT2D eigenvalue weighted by Crippen LogP contribution is -2.21. The SMILES string of the molecule is CN1CCC(Oc2cccc3c2CCN3)C1. The van der Waals surface area contributed by atoms with E-state index in [0.717, 1.165) is 38.2 Å². The molecule has 2 heterocycles. The predicted octanol–water partition coefficient (Wildman–Crippen LogP) is 1.74. The molecule has 2 aliphatic heterocycles. The van der Waals surface area contributed by atoms with E-state index in [-0.39, 0.29) is 0 Å². The maximum absolute atomic E-state index is 6.11. The van der Waals surface area contributed by atoms with Crippen molar-refractivity contribution in [2.24, 2.45) is 0 Å². The summed E-state index contributed by atoms with van der Waals surface area (Å²) < 4.78 is 6.11. The van der Waals surface area contributed by atoms with E-state index >= 15 is 0 Å². The second kappa shape index (κ2) is 3.98. The van der Waals surface area contributed by atoms with Gasteiger partial charge in [0.1, 0.15) is 11.9 Å². The third-order valence-electron chi connectivity index (χ3n) is 3.47. The summed E-state index contributed by atoms with van der Waals surface area (Å²) in [5, 5.41) is 3.38. The summed E-state index contributed by atoms with van der Waals surface area (Å²) in [7, 11) is 2.15. The Kier molecular flexibility index (Phi) is 2.48. The summed E-state index contributed by atoms with van der Waals surface area (Å²) in [6, 6.07) is 6.31.